The van der Waals surface area contributed by atoms with Crippen molar-refractivity contribution in [2.75, 3.05) is 7.05 Å². The van der Waals surface area contributed by atoms with E-state index >= 15 is 0 Å². The highest BCUT2D eigenvalue weighted by atomic mass is 35.5. The Kier molecular flexibility index (Phi) is 4.30. The van der Waals surface area contributed by atoms with Gasteiger partial charge in [-0.2, -0.15) is 15.4 Å². The monoisotopic (exact) mass is 328 g/mol. The molecule has 0 aliphatic carbocycles. The summed E-state index contributed by atoms with van der Waals surface area (Å²) in [5.74, 6) is -0.0311. The van der Waals surface area contributed by atoms with Crippen molar-refractivity contribution in [3.63, 3.8) is 0 Å². The molecule has 3 rings (SSSR count). The largest absolute Gasteiger partial charge is 0.339 e. The Morgan fingerprint density at radius 2 is 1.87 bits per heavy atom. The van der Waals surface area contributed by atoms with Gasteiger partial charge in [0.25, 0.3) is 5.91 Å². The number of aromatic amines is 1. The lowest BCUT2D eigenvalue weighted by Crippen LogP contribution is -2.36. The number of aromatic nitrogens is 3. The smallest absolute Gasteiger partial charge is 0.253 e. The van der Waals surface area contributed by atoms with Crippen molar-refractivity contribution in [1.82, 2.24) is 20.3 Å². The highest BCUT2D eigenvalue weighted by molar-refractivity contribution is 6.30. The fraction of sp³-hybridized carbons (Fsp3) is 0.235. The van der Waals surface area contributed by atoms with Gasteiger partial charge in [0.15, 0.2) is 0 Å². The molecule has 0 bridgehead atoms. The highest BCUT2D eigenvalue weighted by Crippen LogP contribution is 2.16. The van der Waals surface area contributed by atoms with Gasteiger partial charge >= 0.3 is 0 Å². The number of benzene rings is 2. The number of likely N-dealkylation sites (N-methyl/N-ethyl adjacent to an activating group) is 1. The zero-order chi connectivity index (χ0) is 16.4. The van der Waals surface area contributed by atoms with Crippen LogP contribution in [0.3, 0.4) is 0 Å². The standard InChI is InChI=1S/C17H17ClN4O/c1-11(9-12-3-6-14(18)7-4-12)22(2)17(23)13-5-8-15-16(10-13)20-21-19-15/h3-8,10-11H,9H2,1-2H3,(H,19,20,21). The van der Waals surface area contributed by atoms with Crippen LogP contribution < -0.4 is 0 Å². The van der Waals surface area contributed by atoms with Crippen molar-refractivity contribution in [3.05, 3.63) is 58.6 Å². The van der Waals surface area contributed by atoms with E-state index < -0.39 is 0 Å². The molecule has 6 heteroatoms. The van der Waals surface area contributed by atoms with Crippen LogP contribution in [0.1, 0.15) is 22.8 Å². The number of hydrogen-bond acceptors (Lipinski definition) is 3. The molecule has 0 spiro atoms. The first kappa shape index (κ1) is 15.5. The zero-order valence-electron chi connectivity index (χ0n) is 13.0. The second-order valence-electron chi connectivity index (χ2n) is 5.62. The Morgan fingerprint density at radius 1 is 1.17 bits per heavy atom. The number of hydrogen-bond donors (Lipinski definition) is 1. The summed E-state index contributed by atoms with van der Waals surface area (Å²) in [5, 5.41) is 11.3. The molecule has 23 heavy (non-hydrogen) atoms. The average Bonchev–Trinajstić information content (AvgIpc) is 3.03. The molecule has 1 amide bonds. The first-order chi connectivity index (χ1) is 11.0. The number of nitrogens with zero attached hydrogens (tertiary/aromatic N) is 3. The van der Waals surface area contributed by atoms with E-state index in [9.17, 15) is 4.79 Å². The van der Waals surface area contributed by atoms with E-state index in [4.69, 9.17) is 11.6 Å². The summed E-state index contributed by atoms with van der Waals surface area (Å²) >= 11 is 5.90. The van der Waals surface area contributed by atoms with Crippen LogP contribution in [0.2, 0.25) is 5.02 Å². The number of carbonyl (C=O) groups is 1. The molecular weight excluding hydrogens is 312 g/mol. The Morgan fingerprint density at radius 3 is 2.61 bits per heavy atom. The van der Waals surface area contributed by atoms with Gasteiger partial charge in [-0.05, 0) is 49.2 Å². The number of rotatable bonds is 4. The summed E-state index contributed by atoms with van der Waals surface area (Å²) in [5.41, 5.74) is 3.19. The van der Waals surface area contributed by atoms with Crippen molar-refractivity contribution >= 4 is 28.5 Å². The molecule has 1 unspecified atom stereocenters. The summed E-state index contributed by atoms with van der Waals surface area (Å²) in [6, 6.07) is 13.1. The molecule has 0 aliphatic heterocycles. The van der Waals surface area contributed by atoms with Gasteiger partial charge in [-0.25, -0.2) is 0 Å². The highest BCUT2D eigenvalue weighted by Gasteiger charge is 2.18. The third-order valence-electron chi connectivity index (χ3n) is 3.99. The maximum atomic E-state index is 12.6. The van der Waals surface area contributed by atoms with E-state index in [0.717, 1.165) is 17.5 Å². The number of fused-ring (bicyclic) bond motifs is 1. The lowest BCUT2D eigenvalue weighted by Gasteiger charge is -2.25. The van der Waals surface area contributed by atoms with Crippen molar-refractivity contribution in [2.45, 2.75) is 19.4 Å². The van der Waals surface area contributed by atoms with Crippen LogP contribution in [0.4, 0.5) is 0 Å². The number of nitrogens with one attached hydrogen (secondary N) is 1. The van der Waals surface area contributed by atoms with Gasteiger partial charge < -0.3 is 4.90 Å². The van der Waals surface area contributed by atoms with Crippen LogP contribution in [-0.4, -0.2) is 39.3 Å². The minimum Gasteiger partial charge on any atom is -0.339 e. The van der Waals surface area contributed by atoms with Gasteiger partial charge in [-0.1, -0.05) is 23.7 Å². The summed E-state index contributed by atoms with van der Waals surface area (Å²) in [4.78, 5) is 14.4. The third-order valence-corrected chi connectivity index (χ3v) is 4.24. The zero-order valence-corrected chi connectivity index (χ0v) is 13.7. The predicted octanol–water partition coefficient (Wildman–Crippen LogP) is 3.31. The summed E-state index contributed by atoms with van der Waals surface area (Å²) in [7, 11) is 1.82. The normalized spacial score (nSPS) is 12.3. The Labute approximate surface area is 139 Å². The Balaban J connectivity index is 1.73. The molecule has 0 saturated heterocycles. The van der Waals surface area contributed by atoms with Gasteiger partial charge in [-0.15, -0.1) is 0 Å². The van der Waals surface area contributed by atoms with Gasteiger partial charge in [-0.3, -0.25) is 4.79 Å². The molecular formula is C17H17ClN4O. The van der Waals surface area contributed by atoms with Crippen LogP contribution in [0, 0.1) is 0 Å². The Hall–Kier alpha value is -2.40. The molecule has 1 heterocycles. The summed E-state index contributed by atoms with van der Waals surface area (Å²) in [6.45, 7) is 2.03. The Bertz CT molecular complexity index is 828. The first-order valence-electron chi connectivity index (χ1n) is 7.37. The summed E-state index contributed by atoms with van der Waals surface area (Å²) in [6.07, 6.45) is 0.769. The lowest BCUT2D eigenvalue weighted by atomic mass is 10.1. The maximum absolute atomic E-state index is 12.6. The minimum atomic E-state index is -0.0311. The third kappa shape index (κ3) is 3.35. The van der Waals surface area contributed by atoms with Crippen LogP contribution in [0.5, 0.6) is 0 Å². The molecule has 5 nitrogen and oxygen atoms in total. The van der Waals surface area contributed by atoms with Gasteiger partial charge in [0, 0.05) is 23.7 Å². The molecule has 3 aromatic rings. The maximum Gasteiger partial charge on any atom is 0.253 e. The minimum absolute atomic E-state index is 0.0311. The average molecular weight is 329 g/mol. The van der Waals surface area contributed by atoms with Crippen molar-refractivity contribution < 1.29 is 4.79 Å². The van der Waals surface area contributed by atoms with E-state index in [1.807, 2.05) is 38.2 Å². The van der Waals surface area contributed by atoms with Crippen molar-refractivity contribution in [3.8, 4) is 0 Å². The van der Waals surface area contributed by atoms with Crippen molar-refractivity contribution in [1.29, 1.82) is 0 Å². The number of amides is 1. The second kappa shape index (κ2) is 6.38. The van der Waals surface area contributed by atoms with E-state index in [0.29, 0.717) is 16.1 Å². The van der Waals surface area contributed by atoms with Gasteiger partial charge in [0.05, 0.1) is 0 Å². The first-order valence-corrected chi connectivity index (χ1v) is 7.74. The van der Waals surface area contributed by atoms with E-state index in [1.54, 1.807) is 23.1 Å². The number of H-pyrrole nitrogens is 1. The van der Waals surface area contributed by atoms with Crippen molar-refractivity contribution in [2.24, 2.45) is 0 Å². The molecule has 0 saturated carbocycles. The van der Waals surface area contributed by atoms with Crippen LogP contribution in [0.25, 0.3) is 11.0 Å². The van der Waals surface area contributed by atoms with Crippen LogP contribution in [-0.2, 0) is 6.42 Å². The topological polar surface area (TPSA) is 61.9 Å². The molecule has 0 aliphatic rings. The van der Waals surface area contributed by atoms with Gasteiger partial charge in [0.2, 0.25) is 0 Å². The van der Waals surface area contributed by atoms with Crippen LogP contribution >= 0.6 is 11.6 Å². The second-order valence-corrected chi connectivity index (χ2v) is 6.06. The predicted molar refractivity (Wildman–Crippen MR) is 90.6 cm³/mol. The molecule has 2 aromatic carbocycles. The number of halogens is 1. The molecule has 0 radical (unpaired) electrons. The number of carbonyl (C=O) groups excluding carboxylic acids is 1. The fourth-order valence-electron chi connectivity index (χ4n) is 2.48. The van der Waals surface area contributed by atoms with E-state index in [2.05, 4.69) is 15.4 Å². The quantitative estimate of drug-likeness (QED) is 0.799. The van der Waals surface area contributed by atoms with Gasteiger partial charge in [0.1, 0.15) is 11.0 Å². The molecule has 0 fully saturated rings. The summed E-state index contributed by atoms with van der Waals surface area (Å²) < 4.78 is 0. The fourth-order valence-corrected chi connectivity index (χ4v) is 2.60. The molecule has 1 atom stereocenters. The lowest BCUT2D eigenvalue weighted by molar-refractivity contribution is 0.0743. The van der Waals surface area contributed by atoms with E-state index in [1.165, 1.54) is 0 Å². The SMILES string of the molecule is CC(Cc1ccc(Cl)cc1)N(C)C(=O)c1ccc2n[nH]nc2c1. The molecule has 118 valence electrons. The molecule has 1 aromatic heterocycles. The van der Waals surface area contributed by atoms with Crippen LogP contribution in [0.15, 0.2) is 42.5 Å². The molecule has 1 N–H and O–H groups in total. The van der Waals surface area contributed by atoms with E-state index in [-0.39, 0.29) is 11.9 Å².